The van der Waals surface area contributed by atoms with Crippen molar-refractivity contribution < 1.29 is 24.2 Å². The Morgan fingerprint density at radius 1 is 0.338 bits per heavy atom. The predicted molar refractivity (Wildman–Crippen MR) is 284 cm³/mol. The summed E-state index contributed by atoms with van der Waals surface area (Å²) < 4.78 is 10.7. The fourth-order valence-corrected chi connectivity index (χ4v) is 9.32. The van der Waals surface area contributed by atoms with Crippen LogP contribution in [-0.2, 0) is 19.1 Å². The molecule has 1 unspecified atom stereocenters. The van der Waals surface area contributed by atoms with E-state index in [9.17, 15) is 14.7 Å². The smallest absolute Gasteiger partial charge is 0.306 e. The van der Waals surface area contributed by atoms with Crippen LogP contribution >= 0.6 is 0 Å². The second-order valence-corrected chi connectivity index (χ2v) is 20.4. The van der Waals surface area contributed by atoms with Crippen LogP contribution in [0.25, 0.3) is 0 Å². The van der Waals surface area contributed by atoms with Crippen LogP contribution in [0.5, 0.6) is 0 Å². The molecule has 0 spiro atoms. The number of ether oxygens (including phenoxy) is 2. The minimum atomic E-state index is -0.764. The van der Waals surface area contributed by atoms with Crippen LogP contribution < -0.4 is 0 Å². The maximum Gasteiger partial charge on any atom is 0.306 e. The number of esters is 2. The fraction of sp³-hybridized carbons (Fsp3) is 0.933. The van der Waals surface area contributed by atoms with Crippen molar-refractivity contribution in [2.75, 3.05) is 13.2 Å². The fourth-order valence-electron chi connectivity index (χ4n) is 9.32. The average Bonchev–Trinajstić information content (AvgIpc) is 3.31. The zero-order valence-electron chi connectivity index (χ0n) is 44.3. The summed E-state index contributed by atoms with van der Waals surface area (Å²) in [5.41, 5.74) is 0. The molecule has 5 nitrogen and oxygen atoms in total. The first-order valence-corrected chi connectivity index (χ1v) is 29.7. The summed E-state index contributed by atoms with van der Waals surface area (Å²) in [5.74, 6) is -0.570. The molecule has 0 fully saturated rings. The van der Waals surface area contributed by atoms with Gasteiger partial charge in [0, 0.05) is 12.8 Å². The van der Waals surface area contributed by atoms with Crippen LogP contribution in [0.4, 0.5) is 0 Å². The minimum Gasteiger partial charge on any atom is -0.462 e. The van der Waals surface area contributed by atoms with Gasteiger partial charge in [-0.25, -0.2) is 0 Å². The predicted octanol–water partition coefficient (Wildman–Crippen LogP) is 19.9. The lowest BCUT2D eigenvalue weighted by Gasteiger charge is -2.15. The molecule has 65 heavy (non-hydrogen) atoms. The van der Waals surface area contributed by atoms with Crippen LogP contribution in [0, 0.1) is 0 Å². The SMILES string of the molecule is CCCCCCCCCC/C=C\CCCCCCCCCCCCCCCCCCCCCCCCCCCCCC(=O)OC(CO)COC(=O)CCCCCCCCCCCCCC. The summed E-state index contributed by atoms with van der Waals surface area (Å²) in [4.78, 5) is 24.4. The van der Waals surface area contributed by atoms with Gasteiger partial charge < -0.3 is 14.6 Å². The molecule has 0 aromatic carbocycles. The molecule has 0 bridgehead atoms. The van der Waals surface area contributed by atoms with E-state index in [1.54, 1.807) is 0 Å². The van der Waals surface area contributed by atoms with Crippen molar-refractivity contribution in [3.8, 4) is 0 Å². The van der Waals surface area contributed by atoms with Crippen LogP contribution in [-0.4, -0.2) is 36.4 Å². The molecule has 1 N–H and O–H groups in total. The van der Waals surface area contributed by atoms with Gasteiger partial charge in [-0.3, -0.25) is 9.59 Å². The molecule has 0 aliphatic carbocycles. The number of carbonyl (C=O) groups excluding carboxylic acids is 2. The van der Waals surface area contributed by atoms with Crippen molar-refractivity contribution in [1.29, 1.82) is 0 Å². The first-order valence-electron chi connectivity index (χ1n) is 29.7. The van der Waals surface area contributed by atoms with Crippen molar-refractivity contribution in [3.63, 3.8) is 0 Å². The number of allylic oxidation sites excluding steroid dienone is 2. The van der Waals surface area contributed by atoms with Gasteiger partial charge >= 0.3 is 11.9 Å². The number of unbranched alkanes of at least 4 members (excludes halogenated alkanes) is 46. The molecule has 0 saturated heterocycles. The Hall–Kier alpha value is -1.36. The summed E-state index contributed by atoms with van der Waals surface area (Å²) in [6.07, 6.45) is 70.9. The Kier molecular flexibility index (Phi) is 55.8. The Morgan fingerprint density at radius 2 is 0.569 bits per heavy atom. The molecule has 5 heteroatoms. The van der Waals surface area contributed by atoms with E-state index in [2.05, 4.69) is 26.0 Å². The van der Waals surface area contributed by atoms with Crippen LogP contribution in [0.3, 0.4) is 0 Å². The highest BCUT2D eigenvalue weighted by atomic mass is 16.6. The van der Waals surface area contributed by atoms with Gasteiger partial charge in [-0.2, -0.15) is 0 Å². The minimum absolute atomic E-state index is 0.0573. The standard InChI is InChI=1S/C60H116O5/c1-3-5-7-9-11-13-15-17-18-19-20-21-22-23-24-25-26-27-28-29-30-31-32-33-34-35-36-37-38-39-40-41-42-43-45-47-49-51-53-55-60(63)65-58(56-61)57-64-59(62)54-52-50-48-46-44-16-14-12-10-8-6-4-2/h19-20,58,61H,3-18,21-57H2,1-2H3/b20-19-. The molecule has 0 saturated carbocycles. The highest BCUT2D eigenvalue weighted by molar-refractivity contribution is 5.70. The number of carbonyl (C=O) groups is 2. The van der Waals surface area contributed by atoms with Crippen LogP contribution in [0.2, 0.25) is 0 Å². The maximum atomic E-state index is 12.3. The van der Waals surface area contributed by atoms with Gasteiger partial charge in [-0.1, -0.05) is 302 Å². The van der Waals surface area contributed by atoms with Gasteiger partial charge in [0.15, 0.2) is 6.10 Å². The second-order valence-electron chi connectivity index (χ2n) is 20.4. The van der Waals surface area contributed by atoms with Crippen LogP contribution in [0.15, 0.2) is 12.2 Å². The van der Waals surface area contributed by atoms with Gasteiger partial charge in [0.2, 0.25) is 0 Å². The van der Waals surface area contributed by atoms with E-state index in [-0.39, 0.29) is 25.2 Å². The van der Waals surface area contributed by atoms with Crippen molar-refractivity contribution in [1.82, 2.24) is 0 Å². The van der Waals surface area contributed by atoms with E-state index in [1.807, 2.05) is 0 Å². The van der Waals surface area contributed by atoms with Crippen molar-refractivity contribution in [2.24, 2.45) is 0 Å². The highest BCUT2D eigenvalue weighted by Crippen LogP contribution is 2.18. The third-order valence-electron chi connectivity index (χ3n) is 13.8. The Balaban J connectivity index is 3.32. The van der Waals surface area contributed by atoms with E-state index in [0.717, 1.165) is 32.1 Å². The lowest BCUT2D eigenvalue weighted by atomic mass is 10.0. The molecule has 0 aromatic heterocycles. The molecule has 1 atom stereocenters. The molecule has 0 radical (unpaired) electrons. The van der Waals surface area contributed by atoms with Crippen molar-refractivity contribution in [2.45, 2.75) is 347 Å². The lowest BCUT2D eigenvalue weighted by Crippen LogP contribution is -2.28. The lowest BCUT2D eigenvalue weighted by molar-refractivity contribution is -0.161. The third-order valence-corrected chi connectivity index (χ3v) is 13.8. The molecule has 0 aromatic rings. The van der Waals surface area contributed by atoms with Gasteiger partial charge in [-0.05, 0) is 38.5 Å². The van der Waals surface area contributed by atoms with Gasteiger partial charge in [0.1, 0.15) is 6.61 Å². The van der Waals surface area contributed by atoms with Gasteiger partial charge in [0.05, 0.1) is 6.61 Å². The van der Waals surface area contributed by atoms with Crippen molar-refractivity contribution in [3.05, 3.63) is 12.2 Å². The molecule has 0 aliphatic rings. The number of rotatable bonds is 56. The quantitative estimate of drug-likeness (QED) is 0.0374. The number of aliphatic hydroxyl groups excluding tert-OH is 1. The summed E-state index contributed by atoms with van der Waals surface area (Å²) >= 11 is 0. The van der Waals surface area contributed by atoms with E-state index in [0.29, 0.717) is 12.8 Å². The van der Waals surface area contributed by atoms with Gasteiger partial charge in [0.25, 0.3) is 0 Å². The Morgan fingerprint density at radius 3 is 0.831 bits per heavy atom. The third kappa shape index (κ3) is 55.1. The monoisotopic (exact) mass is 917 g/mol. The summed E-state index contributed by atoms with van der Waals surface area (Å²) in [6.45, 7) is 4.18. The molecule has 0 amide bonds. The maximum absolute atomic E-state index is 12.3. The zero-order valence-corrected chi connectivity index (χ0v) is 44.3. The molecular weight excluding hydrogens is 801 g/mol. The molecule has 0 aliphatic heterocycles. The van der Waals surface area contributed by atoms with E-state index in [4.69, 9.17) is 9.47 Å². The number of aliphatic hydroxyl groups is 1. The molecule has 0 heterocycles. The summed E-state index contributed by atoms with van der Waals surface area (Å²) in [7, 11) is 0. The Labute approximate surface area is 407 Å². The number of hydrogen-bond donors (Lipinski definition) is 1. The normalized spacial score (nSPS) is 12.1. The first kappa shape index (κ1) is 63.6. The first-order chi connectivity index (χ1) is 32.1. The second kappa shape index (κ2) is 57.0. The average molecular weight is 918 g/mol. The van der Waals surface area contributed by atoms with Crippen molar-refractivity contribution >= 4 is 11.9 Å². The molecule has 0 rings (SSSR count). The van der Waals surface area contributed by atoms with E-state index >= 15 is 0 Å². The topological polar surface area (TPSA) is 72.8 Å². The zero-order chi connectivity index (χ0) is 47.0. The van der Waals surface area contributed by atoms with E-state index in [1.165, 1.54) is 283 Å². The van der Waals surface area contributed by atoms with Crippen LogP contribution in [0.1, 0.15) is 341 Å². The van der Waals surface area contributed by atoms with Gasteiger partial charge in [-0.15, -0.1) is 0 Å². The Bertz CT molecular complexity index is 948. The van der Waals surface area contributed by atoms with E-state index < -0.39 is 6.10 Å². The highest BCUT2D eigenvalue weighted by Gasteiger charge is 2.16. The largest absolute Gasteiger partial charge is 0.462 e. The summed E-state index contributed by atoms with van der Waals surface area (Å²) in [5, 5.41) is 9.61. The summed E-state index contributed by atoms with van der Waals surface area (Å²) in [6, 6.07) is 0. The molecular formula is C60H116O5. The molecule has 386 valence electrons. The number of hydrogen-bond acceptors (Lipinski definition) is 5.